The van der Waals surface area contributed by atoms with E-state index in [9.17, 15) is 0 Å². The SMILES string of the molecule is CC(C)(C)c1ccc([CH]=[Zr+2])cc1.CC1=[C-]C(C)C=C1C(C)(C)C.[c-]1cccc2c1Cc1ccccc1-2. The van der Waals surface area contributed by atoms with Gasteiger partial charge in [-0.3, -0.25) is 6.08 Å². The summed E-state index contributed by atoms with van der Waals surface area (Å²) in [6.07, 6.45) is 6.76. The van der Waals surface area contributed by atoms with Gasteiger partial charge in [0.2, 0.25) is 0 Å². The van der Waals surface area contributed by atoms with Gasteiger partial charge in [-0.25, -0.2) is 5.57 Å². The van der Waals surface area contributed by atoms with Crippen molar-refractivity contribution in [3.8, 4) is 11.1 Å². The molecule has 3 aromatic rings. The van der Waals surface area contributed by atoms with Crippen LogP contribution in [0.4, 0.5) is 0 Å². The van der Waals surface area contributed by atoms with E-state index >= 15 is 0 Å². The van der Waals surface area contributed by atoms with Crippen LogP contribution in [0.2, 0.25) is 0 Å². The van der Waals surface area contributed by atoms with Crippen LogP contribution in [0.25, 0.3) is 11.1 Å². The fourth-order valence-corrected chi connectivity index (χ4v) is 5.20. The van der Waals surface area contributed by atoms with E-state index in [0.29, 0.717) is 11.3 Å². The molecule has 1 unspecified atom stereocenters. The molecule has 0 N–H and O–H groups in total. The summed E-state index contributed by atoms with van der Waals surface area (Å²) in [6, 6.07) is 26.9. The van der Waals surface area contributed by atoms with Crippen molar-refractivity contribution in [3.63, 3.8) is 0 Å². The molecule has 0 radical (unpaired) electrons. The third-order valence-corrected chi connectivity index (χ3v) is 7.45. The number of fused-ring (bicyclic) bond motifs is 3. The van der Waals surface area contributed by atoms with E-state index in [4.69, 9.17) is 0 Å². The Morgan fingerprint density at radius 2 is 1.47 bits per heavy atom. The Morgan fingerprint density at radius 1 is 0.833 bits per heavy atom. The molecule has 3 aromatic carbocycles. The number of hydrogen-bond acceptors (Lipinski definition) is 0. The molecule has 0 aromatic heterocycles. The minimum Gasteiger partial charge on any atom is -0.266 e. The smallest absolute Gasteiger partial charge is 0.0253 e. The summed E-state index contributed by atoms with van der Waals surface area (Å²) in [4.78, 5) is 0. The van der Waals surface area contributed by atoms with Gasteiger partial charge in [0, 0.05) is 0 Å². The van der Waals surface area contributed by atoms with Gasteiger partial charge in [0.15, 0.2) is 0 Å². The van der Waals surface area contributed by atoms with Crippen molar-refractivity contribution in [3.05, 3.63) is 118 Å². The fraction of sp³-hybridized carbons (Fsp3) is 0.343. The van der Waals surface area contributed by atoms with Gasteiger partial charge >= 0.3 is 89.5 Å². The summed E-state index contributed by atoms with van der Waals surface area (Å²) in [5.41, 5.74) is 11.6. The molecule has 0 aliphatic heterocycles. The van der Waals surface area contributed by atoms with E-state index in [2.05, 4.69) is 138 Å². The summed E-state index contributed by atoms with van der Waals surface area (Å²) >= 11 is 1.46. The van der Waals surface area contributed by atoms with Crippen LogP contribution in [0, 0.1) is 23.5 Å². The molecule has 0 fully saturated rings. The molecule has 0 heterocycles. The van der Waals surface area contributed by atoms with E-state index in [1.165, 1.54) is 68.8 Å². The zero-order valence-corrected chi connectivity index (χ0v) is 25.7. The van der Waals surface area contributed by atoms with Gasteiger partial charge in [0.25, 0.3) is 0 Å². The minimum absolute atomic E-state index is 0.277. The van der Waals surface area contributed by atoms with Gasteiger partial charge in [-0.2, -0.15) is 41.5 Å². The summed E-state index contributed by atoms with van der Waals surface area (Å²) in [5, 5.41) is 0. The second-order valence-corrected chi connectivity index (χ2v) is 12.5. The van der Waals surface area contributed by atoms with Crippen LogP contribution in [0.15, 0.2) is 84.0 Å². The van der Waals surface area contributed by atoms with Crippen LogP contribution in [-0.4, -0.2) is 3.71 Å². The topological polar surface area (TPSA) is 0 Å². The maximum atomic E-state index is 3.40. The second kappa shape index (κ2) is 12.0. The van der Waals surface area contributed by atoms with E-state index in [1.807, 2.05) is 6.07 Å². The molecule has 0 bridgehead atoms. The standard InChI is InChI=1S/C13H9.C11H17.C11H14.Zr/c1-3-7-12-10(5-1)9-11-6-2-4-8-13(11)12;1-8-6-9(2)10(7-8)11(3,4)5;1-9-5-7-10(8-6-9)11(2,3)4;/h1-5,7-8H,9H2;7-8H,1-5H3;1,5-8H,2-4H3;/q2*-1;;+2. The predicted molar refractivity (Wildman–Crippen MR) is 153 cm³/mol. The van der Waals surface area contributed by atoms with Crippen molar-refractivity contribution in [1.82, 2.24) is 0 Å². The number of benzene rings is 3. The maximum Gasteiger partial charge on any atom is -0.0253 e. The van der Waals surface area contributed by atoms with E-state index in [1.54, 1.807) is 0 Å². The average Bonchev–Trinajstić information content (AvgIpc) is 3.38. The van der Waals surface area contributed by atoms with Crippen molar-refractivity contribution >= 4 is 3.71 Å². The molecular weight excluding hydrogens is 512 g/mol. The Balaban J connectivity index is 0.000000151. The Bertz CT molecular complexity index is 1200. The second-order valence-electron chi connectivity index (χ2n) is 11.8. The molecule has 2 aliphatic rings. The average molecular weight is 552 g/mol. The number of rotatable bonds is 1. The zero-order valence-electron chi connectivity index (χ0n) is 23.3. The van der Waals surface area contributed by atoms with Crippen molar-refractivity contribution in [2.45, 2.75) is 67.2 Å². The van der Waals surface area contributed by atoms with Gasteiger partial charge in [-0.05, 0) is 6.42 Å². The van der Waals surface area contributed by atoms with Crippen LogP contribution in [-0.2, 0) is 36.1 Å². The summed E-state index contributed by atoms with van der Waals surface area (Å²) in [7, 11) is 0. The molecule has 0 amide bonds. The van der Waals surface area contributed by atoms with Crippen molar-refractivity contribution in [2.75, 3.05) is 0 Å². The largest absolute Gasteiger partial charge is 0.266 e. The Labute approximate surface area is 234 Å². The maximum absolute atomic E-state index is 3.40. The van der Waals surface area contributed by atoms with Gasteiger partial charge in [0.05, 0.1) is 0 Å². The van der Waals surface area contributed by atoms with Crippen LogP contribution < -0.4 is 0 Å². The quantitative estimate of drug-likeness (QED) is 0.207. The van der Waals surface area contributed by atoms with E-state index < -0.39 is 0 Å². The first-order valence-corrected chi connectivity index (χ1v) is 14.3. The first-order chi connectivity index (χ1) is 16.9. The molecule has 0 nitrogen and oxygen atoms in total. The third kappa shape index (κ3) is 7.46. The van der Waals surface area contributed by atoms with E-state index in [0.717, 1.165) is 6.42 Å². The molecule has 36 heavy (non-hydrogen) atoms. The molecule has 2 aliphatic carbocycles. The van der Waals surface area contributed by atoms with Crippen molar-refractivity contribution < 1.29 is 24.2 Å². The summed E-state index contributed by atoms with van der Waals surface area (Å²) in [6.45, 7) is 17.8. The van der Waals surface area contributed by atoms with Gasteiger partial charge in [-0.15, -0.1) is 5.56 Å². The van der Waals surface area contributed by atoms with Crippen LogP contribution in [0.1, 0.15) is 77.6 Å². The first-order valence-electron chi connectivity index (χ1n) is 12.9. The molecule has 1 atom stereocenters. The normalized spacial score (nSPS) is 15.9. The summed E-state index contributed by atoms with van der Waals surface area (Å²) < 4.78 is 2.21. The van der Waals surface area contributed by atoms with Crippen molar-refractivity contribution in [1.29, 1.82) is 0 Å². The molecule has 1 heteroatoms. The molecule has 0 saturated heterocycles. The third-order valence-electron chi connectivity index (χ3n) is 6.63. The van der Waals surface area contributed by atoms with Gasteiger partial charge in [0.1, 0.15) is 0 Å². The minimum atomic E-state index is 0.277. The van der Waals surface area contributed by atoms with Crippen molar-refractivity contribution in [2.24, 2.45) is 11.3 Å². The van der Waals surface area contributed by atoms with E-state index in [-0.39, 0.29) is 5.41 Å². The molecule has 184 valence electrons. The molecule has 5 rings (SSSR count). The van der Waals surface area contributed by atoms with Crippen LogP contribution in [0.5, 0.6) is 0 Å². The molecular formula is C35H40Zr. The predicted octanol–water partition coefficient (Wildman–Crippen LogP) is 9.10. The molecule has 0 saturated carbocycles. The Kier molecular flexibility index (Phi) is 9.46. The van der Waals surface area contributed by atoms with Gasteiger partial charge < -0.3 is 0 Å². The van der Waals surface area contributed by atoms with Gasteiger partial charge in [-0.1, -0.05) is 81.3 Å². The fourth-order valence-electron chi connectivity index (χ4n) is 4.73. The van der Waals surface area contributed by atoms with Crippen LogP contribution in [0.3, 0.4) is 0 Å². The van der Waals surface area contributed by atoms with Crippen LogP contribution >= 0.6 is 0 Å². The Morgan fingerprint density at radius 3 is 2.00 bits per heavy atom. The molecule has 0 spiro atoms. The zero-order chi connectivity index (χ0) is 26.5. The summed E-state index contributed by atoms with van der Waals surface area (Å²) in [5.74, 6) is 0.518. The number of allylic oxidation sites excluding steroid dienone is 4. The monoisotopic (exact) mass is 550 g/mol. The first kappa shape index (κ1) is 28.5. The Hall–Kier alpha value is -2.11. The number of hydrogen-bond donors (Lipinski definition) is 0.